The normalized spacial score (nSPS) is 57.4. The number of aliphatic hydroxyl groups excluding tert-OH is 8. The molecule has 7 heterocycles. The number of epoxide rings is 1. The molecule has 16 aliphatic carbocycles. The van der Waals surface area contributed by atoms with Gasteiger partial charge in [0.15, 0.2) is 0 Å². The molecule has 23 fully saturated rings. The van der Waals surface area contributed by atoms with Crippen molar-refractivity contribution in [1.29, 1.82) is 0 Å². The van der Waals surface area contributed by atoms with Crippen LogP contribution in [0.4, 0.5) is 0 Å². The van der Waals surface area contributed by atoms with Crippen molar-refractivity contribution < 1.29 is 50.3 Å². The molecule has 0 aromatic rings. The Hall–Kier alpha value is -0.640. The van der Waals surface area contributed by atoms with Gasteiger partial charge in [-0.3, -0.25) is 29.4 Å². The lowest BCUT2D eigenvalue weighted by Crippen LogP contribution is -2.61. The first-order chi connectivity index (χ1) is 55.7. The van der Waals surface area contributed by atoms with Crippen LogP contribution in [0.25, 0.3) is 0 Å². The number of aliphatic hydroxyl groups is 8. The zero-order valence-corrected chi connectivity index (χ0v) is 74.3. The number of morpholine rings is 1. The van der Waals surface area contributed by atoms with Gasteiger partial charge in [0.25, 0.3) is 0 Å². The molecule has 658 valence electrons. The van der Waals surface area contributed by atoms with Gasteiger partial charge in [-0.2, -0.15) is 0 Å². The maximum atomic E-state index is 11.5. The molecular weight excluding hydrogens is 1450 g/mol. The van der Waals surface area contributed by atoms with Crippen LogP contribution < -0.4 is 0 Å². The maximum Gasteiger partial charge on any atom is 0.0847 e. The van der Waals surface area contributed by atoms with Crippen molar-refractivity contribution >= 4 is 0 Å². The van der Waals surface area contributed by atoms with E-state index in [-0.39, 0.29) is 63.7 Å². The Bertz CT molecular complexity index is 3400. The fraction of sp³-hybridized carbons (Fsp3) is 1.00. The minimum Gasteiger partial charge on any atom is -0.391 e. The van der Waals surface area contributed by atoms with Crippen molar-refractivity contribution in [3.8, 4) is 0 Å². The molecule has 16 saturated carbocycles. The quantitative estimate of drug-likeness (QED) is 0.117. The van der Waals surface area contributed by atoms with E-state index in [1.807, 2.05) is 0 Å². The van der Waals surface area contributed by atoms with Crippen molar-refractivity contribution in [2.24, 2.45) is 138 Å². The van der Waals surface area contributed by atoms with Crippen LogP contribution in [0.1, 0.15) is 299 Å². The van der Waals surface area contributed by atoms with Crippen LogP contribution in [0, 0.1) is 138 Å². The molecule has 0 aromatic carbocycles. The molecule has 0 radical (unpaired) electrons. The highest BCUT2D eigenvalue weighted by Gasteiger charge is 2.70. The van der Waals surface area contributed by atoms with Crippen molar-refractivity contribution in [3.05, 3.63) is 0 Å². The molecule has 0 amide bonds. The molecule has 8 N–H and O–H groups in total. The molecule has 7 aliphatic heterocycles. The fourth-order valence-electron chi connectivity index (χ4n) is 37.7. The predicted octanol–water partition coefficient (Wildman–Crippen LogP) is 13.7. The van der Waals surface area contributed by atoms with Crippen LogP contribution in [-0.4, -0.2) is 259 Å². The van der Waals surface area contributed by atoms with Gasteiger partial charge in [0.1, 0.15) is 0 Å². The summed E-state index contributed by atoms with van der Waals surface area (Å²) >= 11 is 0. The van der Waals surface area contributed by atoms with E-state index in [2.05, 4.69) is 84.8 Å². The summed E-state index contributed by atoms with van der Waals surface area (Å²) in [4.78, 5) is 15.6. The molecule has 16 heteroatoms. The minimum absolute atomic E-state index is 0.0738. The molecule has 7 saturated heterocycles. The highest BCUT2D eigenvalue weighted by Crippen LogP contribution is 2.73. The number of hydrogen-bond acceptors (Lipinski definition) is 16. The molecule has 14 unspecified atom stereocenters. The van der Waals surface area contributed by atoms with E-state index < -0.39 is 12.2 Å². The summed E-state index contributed by atoms with van der Waals surface area (Å²) in [5.74, 6) is 11.8. The molecule has 40 atom stereocenters. The first-order valence-electron chi connectivity index (χ1n) is 50.8. The van der Waals surface area contributed by atoms with E-state index in [0.29, 0.717) is 112 Å². The summed E-state index contributed by atoms with van der Waals surface area (Å²) in [6.07, 6.45) is 46.3. The lowest BCUT2D eigenvalue weighted by molar-refractivity contribution is -0.163. The van der Waals surface area contributed by atoms with Gasteiger partial charge >= 0.3 is 0 Å². The van der Waals surface area contributed by atoms with Gasteiger partial charge in [-0.25, -0.2) is 0 Å². The predicted molar refractivity (Wildman–Crippen MR) is 456 cm³/mol. The van der Waals surface area contributed by atoms with E-state index in [4.69, 9.17) is 9.47 Å². The van der Waals surface area contributed by atoms with Crippen LogP contribution in [0.2, 0.25) is 0 Å². The molecule has 23 aliphatic rings. The number of nitrogens with zero attached hydrogens (tertiary/aromatic N) is 6. The van der Waals surface area contributed by atoms with E-state index in [9.17, 15) is 40.9 Å². The van der Waals surface area contributed by atoms with Crippen molar-refractivity contribution in [2.45, 2.75) is 397 Å². The van der Waals surface area contributed by atoms with Crippen LogP contribution in [0.15, 0.2) is 0 Å². The van der Waals surface area contributed by atoms with Gasteiger partial charge < -0.3 is 50.3 Å². The standard InChI is InChI=1S/C27H46N2O3.C27H46N2O2.C23H39NO3.C23H37NO2/c1-26-8-7-20-19(21(26)16-22(25(26)31)28-9-3-4-10-28)6-5-18-15-24(30)23(17-27(18,20)2)29-11-13-32-14-12-29;1-26-10-9-20-19(21(26)16-22(25(26)31)28-11-3-4-12-28)8-7-18-15-24(30)23(17-27(18,20)2)29-13-5-6-14-29;1-22-8-7-16-15(6-5-14-11-19(25)20(26)13-23(14,16)2)17(22)12-18(21(22)27)24-9-3-4-10-24;1-22-8-7-16-15(6-5-14-11-19-20(26-19)13-23(14,16)2)17(22)12-18(21(22)25)24-9-3-4-10-24/h18-25,30-31H,3-17H2,1-2H3;18-25,30-31H,3-17H2,1-2H3;14-21,25-27H,3-13H2,1-2H3;14-21,25H,3-13H2,1-2H3/t18?,19?,20?,21?,22-,23+,24+,25+,26+,27+;18-,19?,20?,21?,22-,23-,24-,25-,26-,27-;14-,15?,16?,17?,18-,19-,20-,21-,22-,23-;14?,15?,16?,17?,18-,19+,20-,21+,22+,23+/m1001/s1. The number of ether oxygens (including phenoxy) is 2. The monoisotopic (exact) mass is 1610 g/mol. The van der Waals surface area contributed by atoms with Gasteiger partial charge in [-0.1, -0.05) is 55.4 Å². The van der Waals surface area contributed by atoms with E-state index in [0.717, 1.165) is 112 Å². The van der Waals surface area contributed by atoms with Crippen molar-refractivity contribution in [2.75, 3.05) is 91.8 Å². The second kappa shape index (κ2) is 31.7. The summed E-state index contributed by atoms with van der Waals surface area (Å²) in [5, 5.41) is 88.7. The fourth-order valence-corrected chi connectivity index (χ4v) is 37.7. The second-order valence-electron chi connectivity index (χ2n) is 48.5. The average Bonchev–Trinajstić information content (AvgIpc) is 1.50. The Morgan fingerprint density at radius 3 is 0.819 bits per heavy atom. The van der Waals surface area contributed by atoms with Crippen LogP contribution >= 0.6 is 0 Å². The SMILES string of the molecule is C[C@]12CCC3C(CC[C@H]4C[C@H](O)[C@@H](N5CCCC5)C[C@]34C)C1C[C@H](N1CCCC1)[C@@H]2O.C[C@]12CCC3C(CC[C@H]4C[C@H](O)[C@@H](O)C[C@]34C)C1C[C@H](N1CCCC1)[C@@H]2O.C[C@]12C[C@H](N3CCOCC3)[C@@H](O)CC1CCC1C2CC[C@@]2(C)C1C[C@@H](N1CCCC1)[C@@H]2O.C[C@]12C[C@H]3O[C@H]3CC1CCC1C2CC[C@@]2(C)C1C[C@@H](N1CCCC1)[C@@H]2O. The number of rotatable bonds is 6. The average molecular weight is 1610 g/mol. The smallest absolute Gasteiger partial charge is 0.0847 e. The van der Waals surface area contributed by atoms with E-state index in [1.54, 1.807) is 0 Å². The van der Waals surface area contributed by atoms with Crippen molar-refractivity contribution in [1.82, 2.24) is 29.4 Å². The van der Waals surface area contributed by atoms with Crippen LogP contribution in [-0.2, 0) is 9.47 Å². The molecule has 0 spiro atoms. The summed E-state index contributed by atoms with van der Waals surface area (Å²) in [7, 11) is 0. The highest BCUT2D eigenvalue weighted by atomic mass is 16.6. The third kappa shape index (κ3) is 13.6. The largest absolute Gasteiger partial charge is 0.391 e. The van der Waals surface area contributed by atoms with E-state index >= 15 is 0 Å². The van der Waals surface area contributed by atoms with Gasteiger partial charge in [-0.05, 0) is 447 Å². The van der Waals surface area contributed by atoms with Gasteiger partial charge in [0.2, 0.25) is 0 Å². The topological polar surface area (TPSA) is 203 Å². The molecule has 0 bridgehead atoms. The third-order valence-electron chi connectivity index (χ3n) is 44.4. The van der Waals surface area contributed by atoms with Gasteiger partial charge in [0.05, 0.1) is 74.3 Å². The Morgan fingerprint density at radius 1 is 0.233 bits per heavy atom. The molecule has 16 nitrogen and oxygen atoms in total. The molecular formula is C100H168N6O10. The number of hydrogen-bond donors (Lipinski definition) is 8. The van der Waals surface area contributed by atoms with Gasteiger partial charge in [-0.15, -0.1) is 0 Å². The maximum absolute atomic E-state index is 11.5. The van der Waals surface area contributed by atoms with Gasteiger partial charge in [0, 0.05) is 49.3 Å². The van der Waals surface area contributed by atoms with Crippen molar-refractivity contribution in [3.63, 3.8) is 0 Å². The highest BCUT2D eigenvalue weighted by molar-refractivity contribution is 5.21. The Balaban J connectivity index is 0.000000100. The van der Waals surface area contributed by atoms with Crippen LogP contribution in [0.5, 0.6) is 0 Å². The number of fused-ring (bicyclic) bond motifs is 21. The zero-order chi connectivity index (χ0) is 80.1. The summed E-state index contributed by atoms with van der Waals surface area (Å²) in [6.45, 7) is 35.5. The summed E-state index contributed by atoms with van der Waals surface area (Å²) in [5.41, 5.74) is 1.87. The summed E-state index contributed by atoms with van der Waals surface area (Å²) < 4.78 is 11.6. The Kier molecular flexibility index (Phi) is 22.8. The number of likely N-dealkylation sites (tertiary alicyclic amines) is 5. The Morgan fingerprint density at radius 2 is 0.500 bits per heavy atom. The molecule has 0 aromatic heterocycles. The summed E-state index contributed by atoms with van der Waals surface area (Å²) in [6, 6.07) is 2.31. The van der Waals surface area contributed by atoms with Crippen LogP contribution in [0.3, 0.4) is 0 Å². The zero-order valence-electron chi connectivity index (χ0n) is 74.3. The van der Waals surface area contributed by atoms with E-state index in [1.165, 1.54) is 271 Å². The third-order valence-corrected chi connectivity index (χ3v) is 44.4. The molecule has 116 heavy (non-hydrogen) atoms. The lowest BCUT2D eigenvalue weighted by Gasteiger charge is -2.62. The molecule has 23 rings (SSSR count). The Labute approximate surface area is 702 Å². The first kappa shape index (κ1) is 83.6. The lowest BCUT2D eigenvalue weighted by atomic mass is 9.44. The first-order valence-corrected chi connectivity index (χ1v) is 50.8. The minimum atomic E-state index is -0.551. The second-order valence-corrected chi connectivity index (χ2v) is 48.5.